The standard InChI is InChI=1S/C15H25N3O2/c1-10(2)7-12-15(20)18-6-5-17(8-11-3-4-11)9-13(18)14(19)16-12/h10-13H,3-9H2,1-2H3,(H,16,19)/t12-,13+/m0/s1. The highest BCUT2D eigenvalue weighted by atomic mass is 16.2. The van der Waals surface area contributed by atoms with Gasteiger partial charge in [-0.1, -0.05) is 13.8 Å². The van der Waals surface area contributed by atoms with E-state index in [0.29, 0.717) is 19.0 Å². The van der Waals surface area contributed by atoms with Crippen LogP contribution in [0, 0.1) is 11.8 Å². The lowest BCUT2D eigenvalue weighted by molar-refractivity contribution is -0.153. The fourth-order valence-electron chi connectivity index (χ4n) is 3.32. The van der Waals surface area contributed by atoms with Crippen LogP contribution in [0.4, 0.5) is 0 Å². The second-order valence-electron chi connectivity index (χ2n) is 6.94. The third-order valence-electron chi connectivity index (χ3n) is 4.59. The quantitative estimate of drug-likeness (QED) is 0.813. The Morgan fingerprint density at radius 3 is 2.65 bits per heavy atom. The van der Waals surface area contributed by atoms with Crippen molar-refractivity contribution in [3.05, 3.63) is 0 Å². The Labute approximate surface area is 120 Å². The monoisotopic (exact) mass is 279 g/mol. The molecule has 5 nitrogen and oxygen atoms in total. The van der Waals surface area contributed by atoms with Gasteiger partial charge in [0, 0.05) is 26.2 Å². The zero-order valence-corrected chi connectivity index (χ0v) is 12.5. The molecule has 0 unspecified atom stereocenters. The first-order chi connectivity index (χ1) is 9.54. The molecule has 1 N–H and O–H groups in total. The topological polar surface area (TPSA) is 52.7 Å². The van der Waals surface area contributed by atoms with Gasteiger partial charge < -0.3 is 10.2 Å². The van der Waals surface area contributed by atoms with E-state index in [0.717, 1.165) is 25.4 Å². The normalized spacial score (nSPS) is 31.4. The molecule has 3 rings (SSSR count). The number of amides is 2. The summed E-state index contributed by atoms with van der Waals surface area (Å²) in [6.45, 7) is 7.60. The van der Waals surface area contributed by atoms with Crippen molar-refractivity contribution in [2.45, 2.75) is 45.2 Å². The first kappa shape index (κ1) is 13.9. The van der Waals surface area contributed by atoms with E-state index in [-0.39, 0.29) is 23.9 Å². The van der Waals surface area contributed by atoms with Crippen molar-refractivity contribution in [3.63, 3.8) is 0 Å². The number of nitrogens with one attached hydrogen (secondary N) is 1. The van der Waals surface area contributed by atoms with Gasteiger partial charge in [-0.25, -0.2) is 0 Å². The molecule has 2 saturated heterocycles. The molecule has 5 heteroatoms. The van der Waals surface area contributed by atoms with Crippen LogP contribution >= 0.6 is 0 Å². The summed E-state index contributed by atoms with van der Waals surface area (Å²) in [5.41, 5.74) is 0. The molecule has 0 spiro atoms. The molecule has 1 saturated carbocycles. The van der Waals surface area contributed by atoms with E-state index >= 15 is 0 Å². The highest BCUT2D eigenvalue weighted by Crippen LogP contribution is 2.30. The fraction of sp³-hybridized carbons (Fsp3) is 0.867. The van der Waals surface area contributed by atoms with E-state index in [1.807, 2.05) is 4.90 Å². The molecule has 2 heterocycles. The molecule has 2 amide bonds. The third-order valence-corrected chi connectivity index (χ3v) is 4.59. The minimum Gasteiger partial charge on any atom is -0.342 e. The zero-order valence-electron chi connectivity index (χ0n) is 12.5. The molecule has 2 atom stereocenters. The summed E-state index contributed by atoms with van der Waals surface area (Å²) >= 11 is 0. The molecule has 0 aromatic rings. The maximum atomic E-state index is 12.5. The molecule has 1 aliphatic carbocycles. The molecule has 0 bridgehead atoms. The van der Waals surface area contributed by atoms with Crippen molar-refractivity contribution in [1.29, 1.82) is 0 Å². The van der Waals surface area contributed by atoms with Gasteiger partial charge in [-0.15, -0.1) is 0 Å². The molecule has 112 valence electrons. The molecule has 3 fully saturated rings. The van der Waals surface area contributed by atoms with Crippen LogP contribution in [0.25, 0.3) is 0 Å². The number of nitrogens with zero attached hydrogens (tertiary/aromatic N) is 2. The van der Waals surface area contributed by atoms with Crippen molar-refractivity contribution < 1.29 is 9.59 Å². The molecular weight excluding hydrogens is 254 g/mol. The van der Waals surface area contributed by atoms with Gasteiger partial charge >= 0.3 is 0 Å². The van der Waals surface area contributed by atoms with Crippen molar-refractivity contribution >= 4 is 11.8 Å². The fourth-order valence-corrected chi connectivity index (χ4v) is 3.32. The summed E-state index contributed by atoms with van der Waals surface area (Å²) < 4.78 is 0. The van der Waals surface area contributed by atoms with Crippen molar-refractivity contribution in [3.8, 4) is 0 Å². The summed E-state index contributed by atoms with van der Waals surface area (Å²) in [6, 6.07) is -0.577. The first-order valence-electron chi connectivity index (χ1n) is 7.88. The number of piperazine rings is 2. The summed E-state index contributed by atoms with van der Waals surface area (Å²) in [7, 11) is 0. The summed E-state index contributed by atoms with van der Waals surface area (Å²) in [5, 5.41) is 2.93. The molecule has 0 aromatic heterocycles. The van der Waals surface area contributed by atoms with E-state index in [1.165, 1.54) is 12.8 Å². The lowest BCUT2D eigenvalue weighted by atomic mass is 9.97. The third kappa shape index (κ3) is 2.82. The predicted octanol–water partition coefficient (Wildman–Crippen LogP) is 0.454. The SMILES string of the molecule is CC(C)C[C@@H]1NC(=O)[C@H]2CN(CC3CC3)CCN2C1=O. The molecule has 3 aliphatic rings. The van der Waals surface area contributed by atoms with Gasteiger partial charge in [0.25, 0.3) is 0 Å². The van der Waals surface area contributed by atoms with E-state index < -0.39 is 0 Å². The summed E-state index contributed by atoms with van der Waals surface area (Å²) in [6.07, 6.45) is 3.39. The van der Waals surface area contributed by atoms with Gasteiger partial charge in [0.2, 0.25) is 11.8 Å². The molecule has 20 heavy (non-hydrogen) atoms. The van der Waals surface area contributed by atoms with Crippen LogP contribution in [0.5, 0.6) is 0 Å². The van der Waals surface area contributed by atoms with Crippen LogP contribution in [0.3, 0.4) is 0 Å². The molecular formula is C15H25N3O2. The first-order valence-corrected chi connectivity index (χ1v) is 7.88. The largest absolute Gasteiger partial charge is 0.342 e. The predicted molar refractivity (Wildman–Crippen MR) is 76.1 cm³/mol. The zero-order chi connectivity index (χ0) is 14.3. The number of hydrogen-bond donors (Lipinski definition) is 1. The van der Waals surface area contributed by atoms with Gasteiger partial charge in [-0.2, -0.15) is 0 Å². The Balaban J connectivity index is 1.64. The maximum Gasteiger partial charge on any atom is 0.245 e. The average Bonchev–Trinajstić information content (AvgIpc) is 3.19. The van der Waals surface area contributed by atoms with Gasteiger partial charge in [0.15, 0.2) is 0 Å². The number of carbonyl (C=O) groups excluding carboxylic acids is 2. The average molecular weight is 279 g/mol. The van der Waals surface area contributed by atoms with Crippen molar-refractivity contribution in [2.24, 2.45) is 11.8 Å². The Bertz CT molecular complexity index is 406. The number of fused-ring (bicyclic) bond motifs is 1. The van der Waals surface area contributed by atoms with Crippen LogP contribution < -0.4 is 5.32 Å². The highest BCUT2D eigenvalue weighted by molar-refractivity contribution is 5.97. The van der Waals surface area contributed by atoms with Crippen LogP contribution in [-0.2, 0) is 9.59 Å². The van der Waals surface area contributed by atoms with Gasteiger partial charge in [-0.05, 0) is 31.1 Å². The Morgan fingerprint density at radius 2 is 2.00 bits per heavy atom. The number of carbonyl (C=O) groups is 2. The maximum absolute atomic E-state index is 12.5. The molecule has 2 aliphatic heterocycles. The second-order valence-corrected chi connectivity index (χ2v) is 6.94. The van der Waals surface area contributed by atoms with Crippen LogP contribution in [0.1, 0.15) is 33.1 Å². The van der Waals surface area contributed by atoms with Crippen LogP contribution in [0.2, 0.25) is 0 Å². The van der Waals surface area contributed by atoms with Crippen molar-refractivity contribution in [2.75, 3.05) is 26.2 Å². The summed E-state index contributed by atoms with van der Waals surface area (Å²) in [5.74, 6) is 1.40. The van der Waals surface area contributed by atoms with E-state index in [9.17, 15) is 9.59 Å². The van der Waals surface area contributed by atoms with Crippen LogP contribution in [-0.4, -0.2) is 59.9 Å². The van der Waals surface area contributed by atoms with Gasteiger partial charge in [0.1, 0.15) is 12.1 Å². The number of rotatable bonds is 4. The lowest BCUT2D eigenvalue weighted by Crippen LogP contribution is -2.69. The Kier molecular flexibility index (Phi) is 3.71. The molecule has 0 aromatic carbocycles. The van der Waals surface area contributed by atoms with E-state index in [2.05, 4.69) is 24.1 Å². The summed E-state index contributed by atoms with van der Waals surface area (Å²) in [4.78, 5) is 28.9. The minimum atomic E-state index is -0.311. The van der Waals surface area contributed by atoms with E-state index in [4.69, 9.17) is 0 Å². The minimum absolute atomic E-state index is 0.0377. The second kappa shape index (κ2) is 5.35. The highest BCUT2D eigenvalue weighted by Gasteiger charge is 2.43. The smallest absolute Gasteiger partial charge is 0.245 e. The van der Waals surface area contributed by atoms with Gasteiger partial charge in [0.05, 0.1) is 0 Å². The Morgan fingerprint density at radius 1 is 1.25 bits per heavy atom. The lowest BCUT2D eigenvalue weighted by Gasteiger charge is -2.45. The van der Waals surface area contributed by atoms with Crippen LogP contribution in [0.15, 0.2) is 0 Å². The molecule has 0 radical (unpaired) electrons. The Hall–Kier alpha value is -1.10. The van der Waals surface area contributed by atoms with E-state index in [1.54, 1.807) is 0 Å². The number of hydrogen-bond acceptors (Lipinski definition) is 3. The van der Waals surface area contributed by atoms with Crippen molar-refractivity contribution in [1.82, 2.24) is 15.1 Å². The van der Waals surface area contributed by atoms with Gasteiger partial charge in [-0.3, -0.25) is 14.5 Å².